The number of aromatic nitrogens is 1. The average Bonchev–Trinajstić information content (AvgIpc) is 2.42. The zero-order valence-corrected chi connectivity index (χ0v) is 11.7. The van der Waals surface area contributed by atoms with Crippen LogP contribution in [-0.2, 0) is 6.42 Å². The molecule has 2 aromatic rings. The molecule has 0 spiro atoms. The van der Waals surface area contributed by atoms with E-state index in [-0.39, 0.29) is 6.04 Å². The van der Waals surface area contributed by atoms with Gasteiger partial charge in [0, 0.05) is 18.4 Å². The van der Waals surface area contributed by atoms with Gasteiger partial charge in [0.1, 0.15) is 5.75 Å². The Morgan fingerprint density at radius 2 is 1.84 bits per heavy atom. The molecule has 0 amide bonds. The van der Waals surface area contributed by atoms with Crippen molar-refractivity contribution >= 4 is 0 Å². The molecule has 2 N–H and O–H groups in total. The molecule has 0 bridgehead atoms. The van der Waals surface area contributed by atoms with E-state index in [0.29, 0.717) is 0 Å². The number of methoxy groups -OCH3 is 1. The molecule has 100 valence electrons. The summed E-state index contributed by atoms with van der Waals surface area (Å²) in [6.45, 7) is 4.12. The number of rotatable bonds is 4. The van der Waals surface area contributed by atoms with Gasteiger partial charge in [0.05, 0.1) is 7.11 Å². The number of nitrogens with zero attached hydrogens (tertiary/aromatic N) is 1. The Kier molecular flexibility index (Phi) is 4.17. The third kappa shape index (κ3) is 3.12. The molecule has 1 aromatic heterocycles. The second kappa shape index (κ2) is 5.85. The second-order valence-electron chi connectivity index (χ2n) is 4.84. The van der Waals surface area contributed by atoms with E-state index >= 15 is 0 Å². The third-order valence-electron chi connectivity index (χ3n) is 3.39. The summed E-state index contributed by atoms with van der Waals surface area (Å²) in [6.07, 6.45) is 4.41. The van der Waals surface area contributed by atoms with Crippen molar-refractivity contribution in [2.45, 2.75) is 26.3 Å². The van der Waals surface area contributed by atoms with Gasteiger partial charge in [-0.1, -0.05) is 6.07 Å². The Bertz CT molecular complexity index is 552. The van der Waals surface area contributed by atoms with Gasteiger partial charge in [-0.15, -0.1) is 0 Å². The molecule has 0 saturated carbocycles. The van der Waals surface area contributed by atoms with Crippen molar-refractivity contribution in [1.29, 1.82) is 0 Å². The van der Waals surface area contributed by atoms with Gasteiger partial charge >= 0.3 is 0 Å². The van der Waals surface area contributed by atoms with Gasteiger partial charge in [0.15, 0.2) is 0 Å². The number of pyridine rings is 1. The van der Waals surface area contributed by atoms with E-state index < -0.39 is 0 Å². The van der Waals surface area contributed by atoms with Crippen molar-refractivity contribution in [3.05, 3.63) is 58.9 Å². The minimum atomic E-state index is -0.00740. The van der Waals surface area contributed by atoms with Crippen LogP contribution in [0.1, 0.15) is 28.3 Å². The van der Waals surface area contributed by atoms with Crippen LogP contribution < -0.4 is 10.5 Å². The van der Waals surface area contributed by atoms with Crippen LogP contribution in [0.15, 0.2) is 36.7 Å². The monoisotopic (exact) mass is 256 g/mol. The number of hydrogen-bond donors (Lipinski definition) is 1. The predicted molar refractivity (Wildman–Crippen MR) is 77.3 cm³/mol. The lowest BCUT2D eigenvalue weighted by molar-refractivity contribution is 0.411. The number of benzene rings is 1. The maximum absolute atomic E-state index is 6.33. The molecule has 0 aliphatic heterocycles. The Labute approximate surface area is 114 Å². The predicted octanol–water partition coefficient (Wildman–Crippen LogP) is 2.95. The first kappa shape index (κ1) is 13.6. The van der Waals surface area contributed by atoms with E-state index in [9.17, 15) is 0 Å². The quantitative estimate of drug-likeness (QED) is 0.915. The number of nitrogens with two attached hydrogens (primary N) is 1. The highest BCUT2D eigenvalue weighted by Crippen LogP contribution is 2.27. The summed E-state index contributed by atoms with van der Waals surface area (Å²) in [5.74, 6) is 0.914. The fraction of sp³-hybridized carbons (Fsp3) is 0.312. The summed E-state index contributed by atoms with van der Waals surface area (Å²) < 4.78 is 5.33. The van der Waals surface area contributed by atoms with Crippen LogP contribution in [0.2, 0.25) is 0 Å². The van der Waals surface area contributed by atoms with Gasteiger partial charge in [-0.05, 0) is 60.7 Å². The lowest BCUT2D eigenvalue weighted by Gasteiger charge is -2.17. The smallest absolute Gasteiger partial charge is 0.122 e. The topological polar surface area (TPSA) is 48.1 Å². The standard InChI is InChI=1S/C16H20N2O/c1-11-9-16(19-3)12(2)8-14(11)15(17)10-13-4-6-18-7-5-13/h4-9,15H,10,17H2,1-3H3. The first-order valence-electron chi connectivity index (χ1n) is 6.41. The van der Waals surface area contributed by atoms with E-state index in [1.807, 2.05) is 19.1 Å². The summed E-state index contributed by atoms with van der Waals surface area (Å²) in [5.41, 5.74) is 11.0. The lowest BCUT2D eigenvalue weighted by atomic mass is 9.94. The van der Waals surface area contributed by atoms with E-state index in [1.165, 1.54) is 16.7 Å². The molecular weight excluding hydrogens is 236 g/mol. The first-order chi connectivity index (χ1) is 9.11. The van der Waals surface area contributed by atoms with Gasteiger partial charge in [-0.2, -0.15) is 0 Å². The summed E-state index contributed by atoms with van der Waals surface area (Å²) in [7, 11) is 1.69. The summed E-state index contributed by atoms with van der Waals surface area (Å²) in [6, 6.07) is 8.18. The Morgan fingerprint density at radius 1 is 1.16 bits per heavy atom. The molecule has 0 radical (unpaired) electrons. The van der Waals surface area contributed by atoms with Gasteiger partial charge in [0.2, 0.25) is 0 Å². The molecule has 1 aromatic carbocycles. The van der Waals surface area contributed by atoms with Crippen LogP contribution in [0, 0.1) is 13.8 Å². The lowest BCUT2D eigenvalue weighted by Crippen LogP contribution is -2.15. The van der Waals surface area contributed by atoms with E-state index in [4.69, 9.17) is 10.5 Å². The largest absolute Gasteiger partial charge is 0.496 e. The fourth-order valence-electron chi connectivity index (χ4n) is 2.31. The van der Waals surface area contributed by atoms with Crippen molar-refractivity contribution in [3.8, 4) is 5.75 Å². The molecular formula is C16H20N2O. The van der Waals surface area contributed by atoms with Crippen molar-refractivity contribution in [3.63, 3.8) is 0 Å². The van der Waals surface area contributed by atoms with E-state index in [1.54, 1.807) is 19.5 Å². The maximum Gasteiger partial charge on any atom is 0.122 e. The fourth-order valence-corrected chi connectivity index (χ4v) is 2.31. The van der Waals surface area contributed by atoms with Crippen LogP contribution in [0.3, 0.4) is 0 Å². The van der Waals surface area contributed by atoms with Gasteiger partial charge in [-0.25, -0.2) is 0 Å². The average molecular weight is 256 g/mol. The number of hydrogen-bond acceptors (Lipinski definition) is 3. The molecule has 1 unspecified atom stereocenters. The molecule has 0 aliphatic rings. The molecule has 3 nitrogen and oxygen atoms in total. The number of ether oxygens (including phenoxy) is 1. The van der Waals surface area contributed by atoms with Crippen LogP contribution in [0.5, 0.6) is 5.75 Å². The summed E-state index contributed by atoms with van der Waals surface area (Å²) in [5, 5.41) is 0. The Hall–Kier alpha value is -1.87. The molecule has 3 heteroatoms. The van der Waals surface area contributed by atoms with Crippen LogP contribution in [0.4, 0.5) is 0 Å². The highest BCUT2D eigenvalue weighted by molar-refractivity contribution is 5.43. The second-order valence-corrected chi connectivity index (χ2v) is 4.84. The normalized spacial score (nSPS) is 12.2. The van der Waals surface area contributed by atoms with Gasteiger partial charge in [0.25, 0.3) is 0 Å². The third-order valence-corrected chi connectivity index (χ3v) is 3.39. The molecule has 1 atom stereocenters. The molecule has 0 fully saturated rings. The van der Waals surface area contributed by atoms with E-state index in [2.05, 4.69) is 24.0 Å². The Morgan fingerprint density at radius 3 is 2.47 bits per heavy atom. The van der Waals surface area contributed by atoms with Crippen LogP contribution in [-0.4, -0.2) is 12.1 Å². The van der Waals surface area contributed by atoms with Crippen molar-refractivity contribution in [1.82, 2.24) is 4.98 Å². The van der Waals surface area contributed by atoms with Crippen molar-refractivity contribution < 1.29 is 4.74 Å². The summed E-state index contributed by atoms with van der Waals surface area (Å²) in [4.78, 5) is 4.02. The highest BCUT2D eigenvalue weighted by Gasteiger charge is 2.12. The maximum atomic E-state index is 6.33. The molecule has 2 rings (SSSR count). The zero-order chi connectivity index (χ0) is 13.8. The molecule has 19 heavy (non-hydrogen) atoms. The number of aryl methyl sites for hydroxylation is 2. The van der Waals surface area contributed by atoms with Gasteiger partial charge in [-0.3, -0.25) is 4.98 Å². The summed E-state index contributed by atoms with van der Waals surface area (Å²) >= 11 is 0. The first-order valence-corrected chi connectivity index (χ1v) is 6.41. The Balaban J connectivity index is 2.24. The van der Waals surface area contributed by atoms with Crippen molar-refractivity contribution in [2.24, 2.45) is 5.73 Å². The molecule has 1 heterocycles. The van der Waals surface area contributed by atoms with E-state index in [0.717, 1.165) is 17.7 Å². The molecule has 0 aliphatic carbocycles. The van der Waals surface area contributed by atoms with Crippen molar-refractivity contribution in [2.75, 3.05) is 7.11 Å². The minimum Gasteiger partial charge on any atom is -0.496 e. The van der Waals surface area contributed by atoms with Crippen LogP contribution in [0.25, 0.3) is 0 Å². The van der Waals surface area contributed by atoms with Crippen LogP contribution >= 0.6 is 0 Å². The molecule has 0 saturated heterocycles. The SMILES string of the molecule is COc1cc(C)c(C(N)Cc2ccncc2)cc1C. The zero-order valence-electron chi connectivity index (χ0n) is 11.7. The minimum absolute atomic E-state index is 0.00740. The highest BCUT2D eigenvalue weighted by atomic mass is 16.5. The van der Waals surface area contributed by atoms with Gasteiger partial charge < -0.3 is 10.5 Å².